The summed E-state index contributed by atoms with van der Waals surface area (Å²) >= 11 is 0. The molecule has 1 heterocycles. The van der Waals surface area contributed by atoms with Crippen molar-refractivity contribution in [3.05, 3.63) is 24.4 Å². The fourth-order valence-corrected chi connectivity index (χ4v) is 1.98. The molecular formula is C12H23N3O. The van der Waals surface area contributed by atoms with Gasteiger partial charge in [0, 0.05) is 32.0 Å². The van der Waals surface area contributed by atoms with Gasteiger partial charge in [-0.25, -0.2) is 0 Å². The Morgan fingerprint density at radius 3 is 2.69 bits per heavy atom. The van der Waals surface area contributed by atoms with Gasteiger partial charge in [-0.2, -0.15) is 0 Å². The Labute approximate surface area is 98.1 Å². The first-order valence-electron chi connectivity index (χ1n) is 5.77. The predicted octanol–water partition coefficient (Wildman–Crippen LogP) is 0.671. The van der Waals surface area contributed by atoms with Crippen LogP contribution in [0.15, 0.2) is 24.4 Å². The van der Waals surface area contributed by atoms with Gasteiger partial charge in [0.1, 0.15) is 0 Å². The van der Waals surface area contributed by atoms with Gasteiger partial charge < -0.3 is 10.5 Å². The standard InChI is InChI=1S/C12H23N3O/c1-4-5-12(13)6-14-9-15-7-10(2)16-11(3)8-15/h4-5,10-11,14H,1,6-9,13H2,2-3H3/b12-5+/t10-,11+. The minimum atomic E-state index is 0.312. The minimum Gasteiger partial charge on any atom is -0.401 e. The molecule has 1 rings (SSSR count). The van der Waals surface area contributed by atoms with Crippen molar-refractivity contribution < 1.29 is 4.74 Å². The molecule has 92 valence electrons. The number of nitrogens with two attached hydrogens (primary N) is 1. The van der Waals surface area contributed by atoms with E-state index in [9.17, 15) is 0 Å². The molecule has 0 aliphatic carbocycles. The molecule has 1 aliphatic heterocycles. The van der Waals surface area contributed by atoms with Crippen LogP contribution in [0, 0.1) is 0 Å². The number of nitrogens with one attached hydrogen (secondary N) is 1. The van der Waals surface area contributed by atoms with E-state index in [1.54, 1.807) is 6.08 Å². The monoisotopic (exact) mass is 225 g/mol. The number of hydrogen-bond donors (Lipinski definition) is 2. The van der Waals surface area contributed by atoms with E-state index < -0.39 is 0 Å². The molecular weight excluding hydrogens is 202 g/mol. The van der Waals surface area contributed by atoms with Crippen LogP contribution in [-0.4, -0.2) is 43.4 Å². The molecule has 0 aromatic rings. The minimum absolute atomic E-state index is 0.312. The van der Waals surface area contributed by atoms with Crippen LogP contribution in [-0.2, 0) is 4.74 Å². The molecule has 16 heavy (non-hydrogen) atoms. The van der Waals surface area contributed by atoms with E-state index >= 15 is 0 Å². The normalized spacial score (nSPS) is 28.0. The molecule has 0 aromatic carbocycles. The van der Waals surface area contributed by atoms with Gasteiger partial charge in [0.25, 0.3) is 0 Å². The lowest BCUT2D eigenvalue weighted by Gasteiger charge is -2.35. The molecule has 2 atom stereocenters. The molecule has 0 saturated carbocycles. The number of hydrogen-bond acceptors (Lipinski definition) is 4. The summed E-state index contributed by atoms with van der Waals surface area (Å²) in [6.07, 6.45) is 4.14. The van der Waals surface area contributed by atoms with Gasteiger partial charge in [0.05, 0.1) is 12.2 Å². The lowest BCUT2D eigenvalue weighted by molar-refractivity contribution is -0.0696. The molecule has 3 N–H and O–H groups in total. The highest BCUT2D eigenvalue weighted by Crippen LogP contribution is 2.09. The van der Waals surface area contributed by atoms with Crippen molar-refractivity contribution in [3.8, 4) is 0 Å². The first kappa shape index (κ1) is 13.2. The molecule has 4 heteroatoms. The van der Waals surface area contributed by atoms with Crippen LogP contribution in [0.4, 0.5) is 0 Å². The lowest BCUT2D eigenvalue weighted by Crippen LogP contribution is -2.49. The summed E-state index contributed by atoms with van der Waals surface area (Å²) in [6, 6.07) is 0. The summed E-state index contributed by atoms with van der Waals surface area (Å²) in [4.78, 5) is 2.35. The maximum Gasteiger partial charge on any atom is 0.0678 e. The Hall–Kier alpha value is -0.840. The second-order valence-electron chi connectivity index (χ2n) is 4.36. The van der Waals surface area contributed by atoms with Crippen molar-refractivity contribution in [2.24, 2.45) is 5.73 Å². The van der Waals surface area contributed by atoms with Gasteiger partial charge in [-0.05, 0) is 19.9 Å². The first-order valence-corrected chi connectivity index (χ1v) is 5.77. The summed E-state index contributed by atoms with van der Waals surface area (Å²) in [6.45, 7) is 11.3. The average molecular weight is 225 g/mol. The highest BCUT2D eigenvalue weighted by Gasteiger charge is 2.21. The molecule has 1 aliphatic rings. The van der Waals surface area contributed by atoms with Crippen LogP contribution in [0.1, 0.15) is 13.8 Å². The van der Waals surface area contributed by atoms with Gasteiger partial charge >= 0.3 is 0 Å². The molecule has 0 amide bonds. The van der Waals surface area contributed by atoms with Gasteiger partial charge in [0.15, 0.2) is 0 Å². The second-order valence-corrected chi connectivity index (χ2v) is 4.36. The predicted molar refractivity (Wildman–Crippen MR) is 66.9 cm³/mol. The molecule has 4 nitrogen and oxygen atoms in total. The highest BCUT2D eigenvalue weighted by atomic mass is 16.5. The van der Waals surface area contributed by atoms with E-state index in [4.69, 9.17) is 10.5 Å². The third-order valence-corrected chi connectivity index (χ3v) is 2.49. The van der Waals surface area contributed by atoms with Gasteiger partial charge in [-0.15, -0.1) is 0 Å². The van der Waals surface area contributed by atoms with Crippen LogP contribution in [0.2, 0.25) is 0 Å². The molecule has 0 bridgehead atoms. The fraction of sp³-hybridized carbons (Fsp3) is 0.667. The van der Waals surface area contributed by atoms with Crippen LogP contribution >= 0.6 is 0 Å². The van der Waals surface area contributed by atoms with Gasteiger partial charge in [-0.3, -0.25) is 10.2 Å². The topological polar surface area (TPSA) is 50.5 Å². The number of rotatable bonds is 5. The van der Waals surface area contributed by atoms with Gasteiger partial charge in [-0.1, -0.05) is 12.7 Å². The van der Waals surface area contributed by atoms with E-state index in [-0.39, 0.29) is 0 Å². The quantitative estimate of drug-likeness (QED) is 0.675. The summed E-state index contributed by atoms with van der Waals surface area (Å²) in [5, 5.41) is 3.31. The number of allylic oxidation sites excluding steroid dienone is 2. The molecule has 0 unspecified atom stereocenters. The van der Waals surface area contributed by atoms with Crippen molar-refractivity contribution in [2.45, 2.75) is 26.1 Å². The van der Waals surface area contributed by atoms with Crippen molar-refractivity contribution in [2.75, 3.05) is 26.3 Å². The van der Waals surface area contributed by atoms with E-state index in [0.717, 1.165) is 25.5 Å². The van der Waals surface area contributed by atoms with Crippen LogP contribution in [0.3, 0.4) is 0 Å². The third kappa shape index (κ3) is 4.79. The Morgan fingerprint density at radius 2 is 2.12 bits per heavy atom. The van der Waals surface area contributed by atoms with Crippen molar-refractivity contribution in [1.29, 1.82) is 0 Å². The largest absolute Gasteiger partial charge is 0.401 e. The summed E-state index contributed by atoms with van der Waals surface area (Å²) in [5.41, 5.74) is 6.55. The Bertz CT molecular complexity index is 243. The zero-order chi connectivity index (χ0) is 12.0. The molecule has 0 spiro atoms. The maximum absolute atomic E-state index is 5.74. The maximum atomic E-state index is 5.74. The summed E-state index contributed by atoms with van der Waals surface area (Å²) in [7, 11) is 0. The van der Waals surface area contributed by atoms with E-state index in [0.29, 0.717) is 18.8 Å². The number of ether oxygens (including phenoxy) is 1. The summed E-state index contributed by atoms with van der Waals surface area (Å²) in [5.74, 6) is 0. The van der Waals surface area contributed by atoms with Crippen molar-refractivity contribution >= 4 is 0 Å². The third-order valence-electron chi connectivity index (χ3n) is 2.49. The average Bonchev–Trinajstić information content (AvgIpc) is 2.16. The Balaban J connectivity index is 2.22. The van der Waals surface area contributed by atoms with Crippen LogP contribution in [0.5, 0.6) is 0 Å². The smallest absolute Gasteiger partial charge is 0.0678 e. The zero-order valence-electron chi connectivity index (χ0n) is 10.3. The zero-order valence-corrected chi connectivity index (χ0v) is 10.3. The Morgan fingerprint density at radius 1 is 1.50 bits per heavy atom. The molecule has 0 radical (unpaired) electrons. The lowest BCUT2D eigenvalue weighted by atomic mass is 10.2. The van der Waals surface area contributed by atoms with Crippen LogP contribution in [0.25, 0.3) is 0 Å². The first-order chi connectivity index (χ1) is 7.61. The molecule has 0 aromatic heterocycles. The van der Waals surface area contributed by atoms with Gasteiger partial charge in [0.2, 0.25) is 0 Å². The molecule has 1 saturated heterocycles. The van der Waals surface area contributed by atoms with Crippen molar-refractivity contribution in [3.63, 3.8) is 0 Å². The highest BCUT2D eigenvalue weighted by molar-refractivity contribution is 5.07. The number of morpholine rings is 1. The second kappa shape index (κ2) is 6.68. The van der Waals surface area contributed by atoms with Crippen molar-refractivity contribution in [1.82, 2.24) is 10.2 Å². The van der Waals surface area contributed by atoms with E-state index in [1.165, 1.54) is 0 Å². The summed E-state index contributed by atoms with van der Waals surface area (Å²) < 4.78 is 5.66. The SMILES string of the molecule is C=C/C=C(/N)CNCN1C[C@@H](C)O[C@@H](C)C1. The Kier molecular flexibility index (Phi) is 5.52. The fourth-order valence-electron chi connectivity index (χ4n) is 1.98. The van der Waals surface area contributed by atoms with E-state index in [2.05, 4.69) is 30.6 Å². The molecule has 1 fully saturated rings. The van der Waals surface area contributed by atoms with E-state index in [1.807, 2.05) is 6.08 Å². The van der Waals surface area contributed by atoms with Crippen LogP contribution < -0.4 is 11.1 Å². The number of nitrogens with zero attached hydrogens (tertiary/aromatic N) is 1.